The third-order valence-electron chi connectivity index (χ3n) is 3.18. The molecule has 118 valence electrons. The van der Waals surface area contributed by atoms with Crippen LogP contribution >= 0.6 is 11.3 Å². The van der Waals surface area contributed by atoms with E-state index in [-0.39, 0.29) is 11.5 Å². The number of fused-ring (bicyclic) bond motifs is 1. The molecule has 0 spiro atoms. The number of rotatable bonds is 4. The van der Waals surface area contributed by atoms with Crippen molar-refractivity contribution in [1.82, 2.24) is 9.55 Å². The molecule has 7 nitrogen and oxygen atoms in total. The molecule has 0 saturated heterocycles. The third-order valence-corrected chi connectivity index (χ3v) is 4.36. The zero-order valence-electron chi connectivity index (χ0n) is 12.6. The second-order valence-electron chi connectivity index (χ2n) is 5.16. The molecule has 2 aromatic heterocycles. The van der Waals surface area contributed by atoms with Gasteiger partial charge in [-0.05, 0) is 33.3 Å². The van der Waals surface area contributed by atoms with Gasteiger partial charge in [0.1, 0.15) is 15.7 Å². The SMILES string of the molecule is Cc1c(C(=O)OC(C)C)sc2ncn(C(C)C(=O)O)c(=O)c12. The molecule has 22 heavy (non-hydrogen) atoms. The summed E-state index contributed by atoms with van der Waals surface area (Å²) in [6.07, 6.45) is 0.922. The Morgan fingerprint density at radius 2 is 2.00 bits per heavy atom. The van der Waals surface area contributed by atoms with E-state index in [0.717, 1.165) is 15.9 Å². The molecule has 0 aromatic carbocycles. The highest BCUT2D eigenvalue weighted by molar-refractivity contribution is 7.20. The van der Waals surface area contributed by atoms with Crippen LogP contribution in [0.2, 0.25) is 0 Å². The van der Waals surface area contributed by atoms with Gasteiger partial charge in [-0.2, -0.15) is 0 Å². The molecule has 2 heterocycles. The topological polar surface area (TPSA) is 98.5 Å². The van der Waals surface area contributed by atoms with E-state index in [9.17, 15) is 14.4 Å². The van der Waals surface area contributed by atoms with Crippen LogP contribution in [-0.4, -0.2) is 32.7 Å². The van der Waals surface area contributed by atoms with Crippen molar-refractivity contribution >= 4 is 33.5 Å². The lowest BCUT2D eigenvalue weighted by Crippen LogP contribution is -2.28. The minimum absolute atomic E-state index is 0.260. The first-order valence-electron chi connectivity index (χ1n) is 6.68. The van der Waals surface area contributed by atoms with E-state index in [1.165, 1.54) is 13.3 Å². The first-order valence-corrected chi connectivity index (χ1v) is 7.49. The van der Waals surface area contributed by atoms with Crippen LogP contribution in [0, 0.1) is 6.92 Å². The van der Waals surface area contributed by atoms with Crippen LogP contribution in [-0.2, 0) is 9.53 Å². The van der Waals surface area contributed by atoms with E-state index in [4.69, 9.17) is 9.84 Å². The van der Waals surface area contributed by atoms with Gasteiger partial charge in [0.25, 0.3) is 5.56 Å². The molecule has 1 unspecified atom stereocenters. The molecule has 0 aliphatic carbocycles. The summed E-state index contributed by atoms with van der Waals surface area (Å²) >= 11 is 1.07. The van der Waals surface area contributed by atoms with Gasteiger partial charge in [0, 0.05) is 0 Å². The number of carbonyl (C=O) groups excluding carboxylic acids is 1. The fourth-order valence-electron chi connectivity index (χ4n) is 1.99. The molecule has 0 radical (unpaired) electrons. The highest BCUT2D eigenvalue weighted by Gasteiger charge is 2.23. The number of aryl methyl sites for hydroxylation is 1. The Morgan fingerprint density at radius 1 is 1.36 bits per heavy atom. The number of carbonyl (C=O) groups is 2. The summed E-state index contributed by atoms with van der Waals surface area (Å²) in [7, 11) is 0. The number of hydrogen-bond donors (Lipinski definition) is 1. The lowest BCUT2D eigenvalue weighted by atomic mass is 10.2. The van der Waals surface area contributed by atoms with Crippen molar-refractivity contribution < 1.29 is 19.4 Å². The molecule has 8 heteroatoms. The largest absolute Gasteiger partial charge is 0.480 e. The average molecular weight is 324 g/mol. The van der Waals surface area contributed by atoms with Gasteiger partial charge in [-0.1, -0.05) is 0 Å². The average Bonchev–Trinajstić information content (AvgIpc) is 2.75. The van der Waals surface area contributed by atoms with Crippen molar-refractivity contribution in [3.05, 3.63) is 27.1 Å². The molecule has 0 fully saturated rings. The highest BCUT2D eigenvalue weighted by atomic mass is 32.1. The number of nitrogens with zero attached hydrogens (tertiary/aromatic N) is 2. The molecule has 2 aromatic rings. The quantitative estimate of drug-likeness (QED) is 0.863. The Bertz CT molecular complexity index is 805. The molecule has 1 N–H and O–H groups in total. The zero-order chi connectivity index (χ0) is 16.6. The van der Waals surface area contributed by atoms with E-state index in [1.807, 2.05) is 0 Å². The van der Waals surface area contributed by atoms with Crippen molar-refractivity contribution in [2.75, 3.05) is 0 Å². The van der Waals surface area contributed by atoms with Crippen LogP contribution < -0.4 is 5.56 Å². The van der Waals surface area contributed by atoms with E-state index in [1.54, 1.807) is 20.8 Å². The van der Waals surface area contributed by atoms with E-state index >= 15 is 0 Å². The lowest BCUT2D eigenvalue weighted by molar-refractivity contribution is -0.140. The summed E-state index contributed by atoms with van der Waals surface area (Å²) in [4.78, 5) is 40.4. The van der Waals surface area contributed by atoms with E-state index in [2.05, 4.69) is 4.98 Å². The first-order chi connectivity index (χ1) is 10.2. The van der Waals surface area contributed by atoms with Gasteiger partial charge in [-0.15, -0.1) is 11.3 Å². The highest BCUT2D eigenvalue weighted by Crippen LogP contribution is 2.28. The molecule has 2 rings (SSSR count). The number of ether oxygens (including phenoxy) is 1. The smallest absolute Gasteiger partial charge is 0.348 e. The number of hydrogen-bond acceptors (Lipinski definition) is 6. The van der Waals surface area contributed by atoms with Gasteiger partial charge in [0.15, 0.2) is 0 Å². The number of thiophene rings is 1. The maximum absolute atomic E-state index is 12.5. The maximum Gasteiger partial charge on any atom is 0.348 e. The molecular formula is C14H16N2O5S. The summed E-state index contributed by atoms with van der Waals surface area (Å²) in [6.45, 7) is 6.50. The van der Waals surface area contributed by atoms with Crippen molar-refractivity contribution in [3.8, 4) is 0 Å². The molecule has 1 atom stereocenters. The number of carboxylic acids is 1. The number of aliphatic carboxylic acids is 1. The van der Waals surface area contributed by atoms with Crippen LogP contribution in [0.25, 0.3) is 10.2 Å². The molecular weight excluding hydrogens is 308 g/mol. The predicted octanol–water partition coefficient (Wildman–Crippen LogP) is 1.98. The molecule has 0 aliphatic heterocycles. The standard InChI is InChI=1S/C14H16N2O5S/c1-6(2)21-14(20)10-7(3)9-11(22-10)15-5-16(12(9)17)8(4)13(18)19/h5-6,8H,1-4H3,(H,18,19). The van der Waals surface area contributed by atoms with Crippen LogP contribution in [0.3, 0.4) is 0 Å². The third kappa shape index (κ3) is 2.74. The molecule has 0 bridgehead atoms. The van der Waals surface area contributed by atoms with E-state index < -0.39 is 23.5 Å². The van der Waals surface area contributed by atoms with E-state index in [0.29, 0.717) is 15.3 Å². The summed E-state index contributed by atoms with van der Waals surface area (Å²) in [5, 5.41) is 9.30. The predicted molar refractivity (Wildman–Crippen MR) is 81.5 cm³/mol. The Morgan fingerprint density at radius 3 is 2.55 bits per heavy atom. The number of aromatic nitrogens is 2. The summed E-state index contributed by atoms with van der Waals surface area (Å²) < 4.78 is 6.19. The Labute approximate surface area is 130 Å². The van der Waals surface area contributed by atoms with Crippen LogP contribution in [0.15, 0.2) is 11.1 Å². The van der Waals surface area contributed by atoms with Gasteiger partial charge < -0.3 is 9.84 Å². The Balaban J connectivity index is 2.62. The minimum atomic E-state index is -1.13. The number of carboxylic acid groups (broad SMARTS) is 1. The van der Waals surface area contributed by atoms with Crippen LogP contribution in [0.1, 0.15) is 42.0 Å². The second kappa shape index (κ2) is 5.88. The fourth-order valence-corrected chi connectivity index (χ4v) is 3.02. The zero-order valence-corrected chi connectivity index (χ0v) is 13.4. The second-order valence-corrected chi connectivity index (χ2v) is 6.16. The van der Waals surface area contributed by atoms with Gasteiger partial charge >= 0.3 is 11.9 Å². The van der Waals surface area contributed by atoms with Gasteiger partial charge in [0.05, 0.1) is 17.8 Å². The first kappa shape index (κ1) is 16.2. The van der Waals surface area contributed by atoms with Gasteiger partial charge in [0.2, 0.25) is 0 Å². The van der Waals surface area contributed by atoms with Crippen LogP contribution in [0.5, 0.6) is 0 Å². The fraction of sp³-hybridized carbons (Fsp3) is 0.429. The van der Waals surface area contributed by atoms with Gasteiger partial charge in [-0.3, -0.25) is 9.36 Å². The monoisotopic (exact) mass is 324 g/mol. The maximum atomic E-state index is 12.5. The summed E-state index contributed by atoms with van der Waals surface area (Å²) in [5.74, 6) is -1.64. The Hall–Kier alpha value is -2.22. The summed E-state index contributed by atoms with van der Waals surface area (Å²) in [6, 6.07) is -1.03. The van der Waals surface area contributed by atoms with Crippen molar-refractivity contribution in [3.63, 3.8) is 0 Å². The van der Waals surface area contributed by atoms with Gasteiger partial charge in [-0.25, -0.2) is 14.6 Å². The van der Waals surface area contributed by atoms with Crippen molar-refractivity contribution in [2.45, 2.75) is 39.8 Å². The lowest BCUT2D eigenvalue weighted by Gasteiger charge is -2.09. The molecule has 0 saturated carbocycles. The Kier molecular flexibility index (Phi) is 4.32. The molecule has 0 aliphatic rings. The van der Waals surface area contributed by atoms with Crippen molar-refractivity contribution in [1.29, 1.82) is 0 Å². The minimum Gasteiger partial charge on any atom is -0.480 e. The van der Waals surface area contributed by atoms with Crippen molar-refractivity contribution in [2.24, 2.45) is 0 Å². The normalized spacial score (nSPS) is 12.6. The van der Waals surface area contributed by atoms with Crippen LogP contribution in [0.4, 0.5) is 0 Å². The summed E-state index contributed by atoms with van der Waals surface area (Å²) in [5.41, 5.74) is -0.00710. The molecule has 0 amide bonds. The number of esters is 1.